The molecule has 0 aromatic heterocycles. The molecule has 0 unspecified atom stereocenters. The third kappa shape index (κ3) is 5.11. The van der Waals surface area contributed by atoms with Crippen LogP contribution in [0, 0.1) is 5.41 Å². The maximum Gasteiger partial charge on any atom is 0.305 e. The Balaban J connectivity index is 3.85. The van der Waals surface area contributed by atoms with Gasteiger partial charge in [-0.1, -0.05) is 6.92 Å². The molecule has 5 nitrogen and oxygen atoms in total. The highest BCUT2D eigenvalue weighted by molar-refractivity contribution is 5.69. The van der Waals surface area contributed by atoms with Crippen LogP contribution >= 0.6 is 0 Å². The van der Waals surface area contributed by atoms with Crippen molar-refractivity contribution >= 4 is 5.97 Å². The van der Waals surface area contributed by atoms with Crippen molar-refractivity contribution in [2.45, 2.75) is 26.2 Å². The summed E-state index contributed by atoms with van der Waals surface area (Å²) in [4.78, 5) is 11.0. The number of aliphatic hydroxyl groups is 3. The smallest absolute Gasteiger partial charge is 0.305 e. The molecule has 5 heteroatoms. The summed E-state index contributed by atoms with van der Waals surface area (Å²) in [5.74, 6) is -0.291. The molecule has 0 saturated carbocycles. The van der Waals surface area contributed by atoms with Gasteiger partial charge in [0.05, 0.1) is 26.4 Å². The first-order chi connectivity index (χ1) is 7.14. The zero-order chi connectivity index (χ0) is 11.7. The second-order valence-electron chi connectivity index (χ2n) is 3.69. The minimum atomic E-state index is -0.952. The Hall–Kier alpha value is -0.650. The van der Waals surface area contributed by atoms with Crippen LogP contribution in [0.3, 0.4) is 0 Å². The number of carbonyl (C=O) groups is 1. The van der Waals surface area contributed by atoms with E-state index < -0.39 is 5.41 Å². The van der Waals surface area contributed by atoms with Gasteiger partial charge in [-0.05, 0) is 12.8 Å². The van der Waals surface area contributed by atoms with Crippen molar-refractivity contribution in [3.05, 3.63) is 0 Å². The van der Waals surface area contributed by atoms with E-state index >= 15 is 0 Å². The maximum atomic E-state index is 11.0. The van der Waals surface area contributed by atoms with Crippen LogP contribution in [0.4, 0.5) is 0 Å². The number of esters is 1. The van der Waals surface area contributed by atoms with Crippen LogP contribution in [0.1, 0.15) is 26.2 Å². The summed E-state index contributed by atoms with van der Waals surface area (Å²) in [5.41, 5.74) is -0.952. The van der Waals surface area contributed by atoms with Crippen LogP contribution in [-0.2, 0) is 9.53 Å². The van der Waals surface area contributed by atoms with Gasteiger partial charge in [0.25, 0.3) is 0 Å². The SMILES string of the molecule is CCCC(=O)OCCC(CO)(CO)CO. The molecule has 0 amide bonds. The molecule has 0 radical (unpaired) electrons. The van der Waals surface area contributed by atoms with E-state index in [1.807, 2.05) is 6.92 Å². The van der Waals surface area contributed by atoms with E-state index in [0.29, 0.717) is 6.42 Å². The van der Waals surface area contributed by atoms with Gasteiger partial charge in [0.2, 0.25) is 0 Å². The molecule has 0 saturated heterocycles. The van der Waals surface area contributed by atoms with Crippen molar-refractivity contribution in [3.8, 4) is 0 Å². The molecule has 0 rings (SSSR count). The minimum absolute atomic E-state index is 0.112. The molecule has 0 atom stereocenters. The molecule has 0 heterocycles. The van der Waals surface area contributed by atoms with Crippen molar-refractivity contribution in [3.63, 3.8) is 0 Å². The average molecular weight is 220 g/mol. The second kappa shape index (κ2) is 7.62. The number of hydrogen-bond acceptors (Lipinski definition) is 5. The quantitative estimate of drug-likeness (QED) is 0.488. The topological polar surface area (TPSA) is 87.0 Å². The van der Waals surface area contributed by atoms with Gasteiger partial charge >= 0.3 is 5.97 Å². The summed E-state index contributed by atoms with van der Waals surface area (Å²) >= 11 is 0. The molecule has 0 aromatic rings. The van der Waals surface area contributed by atoms with Crippen LogP contribution < -0.4 is 0 Å². The van der Waals surface area contributed by atoms with E-state index in [1.54, 1.807) is 0 Å². The fourth-order valence-corrected chi connectivity index (χ4v) is 1.04. The van der Waals surface area contributed by atoms with E-state index in [2.05, 4.69) is 0 Å². The van der Waals surface area contributed by atoms with E-state index in [-0.39, 0.29) is 38.8 Å². The Morgan fingerprint density at radius 1 is 1.20 bits per heavy atom. The number of carbonyl (C=O) groups excluding carboxylic acids is 1. The average Bonchev–Trinajstić information content (AvgIpc) is 2.25. The molecule has 90 valence electrons. The molecular weight excluding hydrogens is 200 g/mol. The summed E-state index contributed by atoms with van der Waals surface area (Å²) < 4.78 is 4.87. The molecule has 0 aromatic carbocycles. The number of hydrogen-bond donors (Lipinski definition) is 3. The monoisotopic (exact) mass is 220 g/mol. The first kappa shape index (κ1) is 14.3. The van der Waals surface area contributed by atoms with E-state index in [1.165, 1.54) is 0 Å². The molecule has 0 spiro atoms. The fraction of sp³-hybridized carbons (Fsp3) is 0.900. The molecule has 0 aliphatic heterocycles. The lowest BCUT2D eigenvalue weighted by Gasteiger charge is -2.26. The maximum absolute atomic E-state index is 11.0. The fourth-order valence-electron chi connectivity index (χ4n) is 1.04. The van der Waals surface area contributed by atoms with Gasteiger partial charge in [-0.2, -0.15) is 0 Å². The van der Waals surface area contributed by atoms with Crippen molar-refractivity contribution in [2.75, 3.05) is 26.4 Å². The van der Waals surface area contributed by atoms with Crippen molar-refractivity contribution < 1.29 is 24.9 Å². The summed E-state index contributed by atoms with van der Waals surface area (Å²) in [7, 11) is 0. The molecule has 15 heavy (non-hydrogen) atoms. The van der Waals surface area contributed by atoms with Gasteiger partial charge in [-0.25, -0.2) is 0 Å². The third-order valence-electron chi connectivity index (χ3n) is 2.36. The molecule has 0 aliphatic carbocycles. The van der Waals surface area contributed by atoms with Crippen molar-refractivity contribution in [2.24, 2.45) is 5.41 Å². The first-order valence-electron chi connectivity index (χ1n) is 5.12. The summed E-state index contributed by atoms with van der Waals surface area (Å²) in [6, 6.07) is 0. The van der Waals surface area contributed by atoms with Crippen LogP contribution in [0.15, 0.2) is 0 Å². The van der Waals surface area contributed by atoms with Crippen LogP contribution in [0.2, 0.25) is 0 Å². The highest BCUT2D eigenvalue weighted by Crippen LogP contribution is 2.19. The standard InChI is InChI=1S/C10H20O5/c1-2-3-9(14)15-5-4-10(6-11,7-12)8-13/h11-13H,2-8H2,1H3. The van der Waals surface area contributed by atoms with Gasteiger partial charge in [0, 0.05) is 11.8 Å². The van der Waals surface area contributed by atoms with Gasteiger partial charge < -0.3 is 20.1 Å². The van der Waals surface area contributed by atoms with Crippen molar-refractivity contribution in [1.29, 1.82) is 0 Å². The predicted molar refractivity (Wildman–Crippen MR) is 54.2 cm³/mol. The van der Waals surface area contributed by atoms with Crippen LogP contribution in [0.25, 0.3) is 0 Å². The lowest BCUT2D eigenvalue weighted by atomic mass is 9.88. The lowest BCUT2D eigenvalue weighted by Crippen LogP contribution is -2.35. The Morgan fingerprint density at radius 2 is 1.73 bits per heavy atom. The summed E-state index contributed by atoms with van der Waals surface area (Å²) in [5, 5.41) is 27.0. The first-order valence-corrected chi connectivity index (χ1v) is 5.12. The third-order valence-corrected chi connectivity index (χ3v) is 2.36. The highest BCUT2D eigenvalue weighted by atomic mass is 16.5. The molecule has 0 aliphatic rings. The largest absolute Gasteiger partial charge is 0.466 e. The highest BCUT2D eigenvalue weighted by Gasteiger charge is 2.28. The van der Waals surface area contributed by atoms with Crippen molar-refractivity contribution in [1.82, 2.24) is 0 Å². The molecule has 0 bridgehead atoms. The predicted octanol–water partition coefficient (Wildman–Crippen LogP) is -0.317. The Morgan fingerprint density at radius 3 is 2.13 bits per heavy atom. The van der Waals surface area contributed by atoms with E-state index in [0.717, 1.165) is 6.42 Å². The van der Waals surface area contributed by atoms with E-state index in [9.17, 15) is 4.79 Å². The second-order valence-corrected chi connectivity index (χ2v) is 3.69. The Bertz CT molecular complexity index is 168. The van der Waals surface area contributed by atoms with Crippen LogP contribution in [0.5, 0.6) is 0 Å². The zero-order valence-electron chi connectivity index (χ0n) is 9.11. The zero-order valence-corrected chi connectivity index (χ0v) is 9.11. The number of rotatable bonds is 8. The Labute approximate surface area is 89.7 Å². The van der Waals surface area contributed by atoms with Crippen LogP contribution in [-0.4, -0.2) is 47.7 Å². The van der Waals surface area contributed by atoms with E-state index in [4.69, 9.17) is 20.1 Å². The normalized spacial score (nSPS) is 11.5. The van der Waals surface area contributed by atoms with Gasteiger partial charge in [0.1, 0.15) is 0 Å². The minimum Gasteiger partial charge on any atom is -0.466 e. The Kier molecular flexibility index (Phi) is 7.29. The van der Waals surface area contributed by atoms with Gasteiger partial charge in [-0.3, -0.25) is 4.79 Å². The summed E-state index contributed by atoms with van der Waals surface area (Å²) in [6.45, 7) is 1.00. The van der Waals surface area contributed by atoms with Gasteiger partial charge in [0.15, 0.2) is 0 Å². The lowest BCUT2D eigenvalue weighted by molar-refractivity contribution is -0.145. The number of ether oxygens (including phenoxy) is 1. The summed E-state index contributed by atoms with van der Waals surface area (Å²) in [6.07, 6.45) is 1.35. The molecule has 0 fully saturated rings. The number of aliphatic hydroxyl groups excluding tert-OH is 3. The molecular formula is C10H20O5. The van der Waals surface area contributed by atoms with Gasteiger partial charge in [-0.15, -0.1) is 0 Å². The molecule has 3 N–H and O–H groups in total.